The molecule has 3 heteroatoms. The van der Waals surface area contributed by atoms with Crippen LogP contribution in [-0.4, -0.2) is 11.8 Å². The number of hydrogen-bond acceptors (Lipinski definition) is 2. The maximum Gasteiger partial charge on any atom is 0.0541 e. The molecular weight excluding hydrogens is 228 g/mol. The fraction of sp³-hybridized carbons (Fsp3) is 0.300. The van der Waals surface area contributed by atoms with Gasteiger partial charge in [0.15, 0.2) is 0 Å². The molecule has 0 amide bonds. The average Bonchev–Trinajstić information content (AvgIpc) is 2.46. The van der Waals surface area contributed by atoms with Crippen molar-refractivity contribution >= 4 is 21.6 Å². The van der Waals surface area contributed by atoms with Crippen LogP contribution < -0.4 is 5.73 Å². The van der Waals surface area contributed by atoms with Gasteiger partial charge in [0.05, 0.1) is 11.4 Å². The molecule has 1 aliphatic carbocycles. The third-order valence-corrected chi connectivity index (χ3v) is 2.70. The number of allylic oxidation sites excluding steroid dienone is 5. The molecule has 0 bridgehead atoms. The zero-order valence-electron chi connectivity index (χ0n) is 7.37. The lowest BCUT2D eigenvalue weighted by molar-refractivity contribution is 0.849. The van der Waals surface area contributed by atoms with E-state index in [4.69, 9.17) is 5.73 Å². The summed E-state index contributed by atoms with van der Waals surface area (Å²) in [6.45, 7) is 1.95. The topological polar surface area (TPSA) is 38.4 Å². The Labute approximate surface area is 86.0 Å². The zero-order chi connectivity index (χ0) is 9.42. The number of nitrogens with two attached hydrogens (primary N) is 1. The lowest BCUT2D eigenvalue weighted by Gasteiger charge is -2.07. The highest BCUT2D eigenvalue weighted by molar-refractivity contribution is 9.11. The number of halogens is 1. The van der Waals surface area contributed by atoms with Crippen molar-refractivity contribution < 1.29 is 0 Å². The van der Waals surface area contributed by atoms with Crippen LogP contribution in [-0.2, 0) is 0 Å². The van der Waals surface area contributed by atoms with Crippen LogP contribution in [0, 0.1) is 5.92 Å². The Morgan fingerprint density at radius 2 is 2.23 bits per heavy atom. The molecule has 13 heavy (non-hydrogen) atoms. The molecule has 1 aliphatic heterocycles. The van der Waals surface area contributed by atoms with Gasteiger partial charge in [-0.3, -0.25) is 4.99 Å². The summed E-state index contributed by atoms with van der Waals surface area (Å²) in [4.78, 5) is 4.44. The van der Waals surface area contributed by atoms with Crippen LogP contribution in [0.15, 0.2) is 39.5 Å². The molecule has 0 aromatic rings. The second-order valence-corrected chi connectivity index (χ2v) is 4.24. The van der Waals surface area contributed by atoms with Crippen molar-refractivity contribution in [1.29, 1.82) is 0 Å². The second-order valence-electron chi connectivity index (χ2n) is 3.33. The van der Waals surface area contributed by atoms with Gasteiger partial charge in [0, 0.05) is 16.4 Å². The van der Waals surface area contributed by atoms with Crippen molar-refractivity contribution in [2.75, 3.05) is 0 Å². The van der Waals surface area contributed by atoms with Crippen molar-refractivity contribution in [2.45, 2.75) is 13.0 Å². The van der Waals surface area contributed by atoms with Gasteiger partial charge in [-0.25, -0.2) is 0 Å². The highest BCUT2D eigenvalue weighted by Crippen LogP contribution is 2.27. The largest absolute Gasteiger partial charge is 0.323 e. The maximum absolute atomic E-state index is 5.75. The summed E-state index contributed by atoms with van der Waals surface area (Å²) in [5.74, 6) is 0.320. The summed E-state index contributed by atoms with van der Waals surface area (Å²) >= 11 is 3.44. The molecule has 0 saturated heterocycles. The zero-order valence-corrected chi connectivity index (χ0v) is 8.95. The Morgan fingerprint density at radius 3 is 2.92 bits per heavy atom. The summed E-state index contributed by atoms with van der Waals surface area (Å²) < 4.78 is 1.11. The van der Waals surface area contributed by atoms with E-state index in [1.165, 1.54) is 0 Å². The molecule has 2 rings (SSSR count). The number of nitrogens with zero attached hydrogens (tertiary/aromatic N) is 1. The van der Waals surface area contributed by atoms with E-state index in [9.17, 15) is 0 Å². The Balaban J connectivity index is 2.31. The van der Waals surface area contributed by atoms with E-state index in [2.05, 4.69) is 33.1 Å². The lowest BCUT2D eigenvalue weighted by atomic mass is 9.99. The van der Waals surface area contributed by atoms with E-state index in [0.29, 0.717) is 5.92 Å². The smallest absolute Gasteiger partial charge is 0.0541 e. The molecule has 0 fully saturated rings. The minimum Gasteiger partial charge on any atom is -0.323 e. The predicted molar refractivity (Wildman–Crippen MR) is 58.8 cm³/mol. The summed E-state index contributed by atoms with van der Waals surface area (Å²) in [6, 6.07) is 0.0266. The highest BCUT2D eigenvalue weighted by Gasteiger charge is 2.21. The van der Waals surface area contributed by atoms with Gasteiger partial charge >= 0.3 is 0 Å². The third kappa shape index (κ3) is 1.67. The van der Waals surface area contributed by atoms with Crippen LogP contribution in [0.1, 0.15) is 6.92 Å². The molecule has 0 saturated carbocycles. The standard InChI is InChI=1S/C10H11BrN2/c1-6(12)10-5-7-4-8(11)2-3-9(7)13-10/h2-7H,12H2,1H3. The van der Waals surface area contributed by atoms with Crippen LogP contribution in [0.25, 0.3) is 0 Å². The van der Waals surface area contributed by atoms with E-state index >= 15 is 0 Å². The van der Waals surface area contributed by atoms with Gasteiger partial charge < -0.3 is 5.73 Å². The Morgan fingerprint density at radius 1 is 1.46 bits per heavy atom. The molecule has 2 atom stereocenters. The van der Waals surface area contributed by atoms with Crippen molar-refractivity contribution in [1.82, 2.24) is 0 Å². The molecule has 2 aliphatic rings. The van der Waals surface area contributed by atoms with Crippen LogP contribution in [0.5, 0.6) is 0 Å². The Hall–Kier alpha value is -0.670. The first-order chi connectivity index (χ1) is 6.16. The second kappa shape index (κ2) is 3.24. The van der Waals surface area contributed by atoms with E-state index in [1.807, 2.05) is 19.1 Å². The Bertz CT molecular complexity index is 348. The van der Waals surface area contributed by atoms with Crippen LogP contribution >= 0.6 is 15.9 Å². The van der Waals surface area contributed by atoms with Gasteiger partial charge in [-0.1, -0.05) is 22.0 Å². The number of aliphatic imine (C=N–C) groups is 1. The monoisotopic (exact) mass is 238 g/mol. The first-order valence-electron chi connectivity index (χ1n) is 4.28. The first-order valence-corrected chi connectivity index (χ1v) is 5.07. The number of hydrogen-bond donors (Lipinski definition) is 1. The van der Waals surface area contributed by atoms with Crippen LogP contribution in [0.2, 0.25) is 0 Å². The fourth-order valence-electron chi connectivity index (χ4n) is 1.46. The van der Waals surface area contributed by atoms with Crippen LogP contribution in [0.4, 0.5) is 0 Å². The van der Waals surface area contributed by atoms with Crippen LogP contribution in [0.3, 0.4) is 0 Å². The normalized spacial score (nSPS) is 27.6. The van der Waals surface area contributed by atoms with Crippen molar-refractivity contribution in [3.63, 3.8) is 0 Å². The molecule has 1 heterocycles. The Kier molecular flexibility index (Phi) is 2.22. The summed E-state index contributed by atoms with van der Waals surface area (Å²) in [6.07, 6.45) is 8.28. The highest BCUT2D eigenvalue weighted by atomic mass is 79.9. The molecule has 0 aromatic heterocycles. The minimum atomic E-state index is 0.0266. The van der Waals surface area contributed by atoms with E-state index < -0.39 is 0 Å². The molecule has 0 spiro atoms. The first kappa shape index (κ1) is 8.91. The number of fused-ring (bicyclic) bond motifs is 1. The molecule has 68 valence electrons. The van der Waals surface area contributed by atoms with Crippen molar-refractivity contribution in [2.24, 2.45) is 16.6 Å². The maximum atomic E-state index is 5.75. The van der Waals surface area contributed by atoms with Gasteiger partial charge in [0.2, 0.25) is 0 Å². The quantitative estimate of drug-likeness (QED) is 0.747. The van der Waals surface area contributed by atoms with Crippen molar-refractivity contribution in [3.05, 3.63) is 34.5 Å². The van der Waals surface area contributed by atoms with E-state index in [0.717, 1.165) is 15.9 Å². The van der Waals surface area contributed by atoms with Gasteiger partial charge in [-0.2, -0.15) is 0 Å². The molecule has 2 unspecified atom stereocenters. The lowest BCUT2D eigenvalue weighted by Crippen LogP contribution is -2.15. The van der Waals surface area contributed by atoms with Gasteiger partial charge in [-0.15, -0.1) is 0 Å². The van der Waals surface area contributed by atoms with Gasteiger partial charge in [0.25, 0.3) is 0 Å². The average molecular weight is 239 g/mol. The SMILES string of the molecule is CC(N)C1=CC2C=C(Br)C=CC2=N1. The fourth-order valence-corrected chi connectivity index (χ4v) is 1.87. The van der Waals surface area contributed by atoms with Crippen molar-refractivity contribution in [3.8, 4) is 0 Å². The van der Waals surface area contributed by atoms with E-state index in [-0.39, 0.29) is 6.04 Å². The molecular formula is C10H11BrN2. The third-order valence-electron chi connectivity index (χ3n) is 2.17. The number of rotatable bonds is 1. The van der Waals surface area contributed by atoms with Gasteiger partial charge in [-0.05, 0) is 25.2 Å². The predicted octanol–water partition coefficient (Wildman–Crippen LogP) is 2.14. The molecule has 0 radical (unpaired) electrons. The molecule has 2 N–H and O–H groups in total. The minimum absolute atomic E-state index is 0.0266. The summed E-state index contributed by atoms with van der Waals surface area (Å²) in [7, 11) is 0. The molecule has 0 aromatic carbocycles. The van der Waals surface area contributed by atoms with Gasteiger partial charge in [0.1, 0.15) is 0 Å². The summed E-state index contributed by atoms with van der Waals surface area (Å²) in [5.41, 5.74) is 7.84. The van der Waals surface area contributed by atoms with E-state index in [1.54, 1.807) is 0 Å². The molecule has 2 nitrogen and oxygen atoms in total. The summed E-state index contributed by atoms with van der Waals surface area (Å²) in [5, 5.41) is 0.